The van der Waals surface area contributed by atoms with Crippen LogP contribution in [-0.4, -0.2) is 66.6 Å². The molecular weight excluding hydrogens is 326 g/mol. The van der Waals surface area contributed by atoms with Crippen molar-refractivity contribution in [3.63, 3.8) is 0 Å². The molecule has 2 fully saturated rings. The SMILES string of the molecule is CCN(CC)C1CCN(C(=O)C2(Oc3ccc(C)cc3)CCNCC2)C1. The summed E-state index contributed by atoms with van der Waals surface area (Å²) in [5.74, 6) is 0.972. The molecule has 0 radical (unpaired) electrons. The maximum atomic E-state index is 13.5. The number of ether oxygens (including phenoxy) is 1. The minimum Gasteiger partial charge on any atom is -0.477 e. The standard InChI is InChI=1S/C21H33N3O2/c1-4-23(5-2)18-10-15-24(16-18)20(25)21(11-13-22-14-12-21)26-19-8-6-17(3)7-9-19/h6-9,18,22H,4-5,10-16H2,1-3H3. The molecule has 3 rings (SSSR count). The van der Waals surface area contributed by atoms with Gasteiger partial charge >= 0.3 is 0 Å². The third-order valence-electron chi connectivity index (χ3n) is 5.91. The number of hydrogen-bond acceptors (Lipinski definition) is 4. The second-order valence-electron chi connectivity index (χ2n) is 7.57. The Hall–Kier alpha value is -1.59. The van der Waals surface area contributed by atoms with Gasteiger partial charge in [0.05, 0.1) is 0 Å². The summed E-state index contributed by atoms with van der Waals surface area (Å²) in [6.07, 6.45) is 2.52. The van der Waals surface area contributed by atoms with Gasteiger partial charge < -0.3 is 15.0 Å². The fourth-order valence-corrected chi connectivity index (χ4v) is 4.27. The summed E-state index contributed by atoms with van der Waals surface area (Å²) in [6.45, 7) is 11.9. The number of nitrogens with one attached hydrogen (secondary N) is 1. The zero-order valence-corrected chi connectivity index (χ0v) is 16.5. The Morgan fingerprint density at radius 1 is 1.23 bits per heavy atom. The summed E-state index contributed by atoms with van der Waals surface area (Å²) in [5.41, 5.74) is 0.475. The first-order valence-corrected chi connectivity index (χ1v) is 10.1. The molecule has 0 spiro atoms. The van der Waals surface area contributed by atoms with Crippen molar-refractivity contribution in [1.82, 2.24) is 15.1 Å². The first-order chi connectivity index (χ1) is 12.6. The van der Waals surface area contributed by atoms with Gasteiger partial charge in [-0.05, 0) is 51.7 Å². The van der Waals surface area contributed by atoms with E-state index in [1.54, 1.807) is 0 Å². The van der Waals surface area contributed by atoms with E-state index in [1.807, 2.05) is 29.2 Å². The molecule has 2 saturated heterocycles. The molecule has 1 aromatic carbocycles. The highest BCUT2D eigenvalue weighted by Crippen LogP contribution is 2.31. The van der Waals surface area contributed by atoms with Crippen LogP contribution in [0.3, 0.4) is 0 Å². The third kappa shape index (κ3) is 4.04. The zero-order chi connectivity index (χ0) is 18.6. The summed E-state index contributed by atoms with van der Waals surface area (Å²) >= 11 is 0. The van der Waals surface area contributed by atoms with Crippen molar-refractivity contribution in [2.45, 2.75) is 51.7 Å². The van der Waals surface area contributed by atoms with Gasteiger partial charge in [0.25, 0.3) is 5.91 Å². The molecule has 1 atom stereocenters. The molecule has 26 heavy (non-hydrogen) atoms. The molecule has 1 amide bonds. The molecule has 1 aromatic rings. The Bertz CT molecular complexity index is 592. The minimum absolute atomic E-state index is 0.175. The average molecular weight is 360 g/mol. The number of amides is 1. The van der Waals surface area contributed by atoms with E-state index in [0.29, 0.717) is 6.04 Å². The highest BCUT2D eigenvalue weighted by Gasteiger charge is 2.46. The summed E-state index contributed by atoms with van der Waals surface area (Å²) in [4.78, 5) is 18.0. The van der Waals surface area contributed by atoms with Gasteiger partial charge in [-0.2, -0.15) is 0 Å². The lowest BCUT2D eigenvalue weighted by Gasteiger charge is -2.39. The Morgan fingerprint density at radius 3 is 2.50 bits per heavy atom. The molecule has 2 aliphatic rings. The van der Waals surface area contributed by atoms with E-state index in [2.05, 4.69) is 31.0 Å². The third-order valence-corrected chi connectivity index (χ3v) is 5.91. The molecule has 2 heterocycles. The Morgan fingerprint density at radius 2 is 1.88 bits per heavy atom. The van der Waals surface area contributed by atoms with Crippen molar-refractivity contribution in [2.75, 3.05) is 39.3 Å². The largest absolute Gasteiger partial charge is 0.477 e. The van der Waals surface area contributed by atoms with Crippen LogP contribution in [0.2, 0.25) is 0 Å². The van der Waals surface area contributed by atoms with Crippen LogP contribution in [0, 0.1) is 6.92 Å². The van der Waals surface area contributed by atoms with Gasteiger partial charge in [-0.25, -0.2) is 0 Å². The van der Waals surface area contributed by atoms with Crippen molar-refractivity contribution >= 4 is 5.91 Å². The van der Waals surface area contributed by atoms with Crippen molar-refractivity contribution < 1.29 is 9.53 Å². The summed E-state index contributed by atoms with van der Waals surface area (Å²) < 4.78 is 6.38. The van der Waals surface area contributed by atoms with Gasteiger partial charge in [-0.3, -0.25) is 9.69 Å². The Labute approximate surface area is 157 Å². The lowest BCUT2D eigenvalue weighted by atomic mass is 9.90. The number of piperidine rings is 1. The van der Waals surface area contributed by atoms with Gasteiger partial charge in [-0.15, -0.1) is 0 Å². The van der Waals surface area contributed by atoms with E-state index in [-0.39, 0.29) is 5.91 Å². The van der Waals surface area contributed by atoms with Gasteiger partial charge in [0.1, 0.15) is 5.75 Å². The normalized spacial score (nSPS) is 22.6. The molecule has 1 N–H and O–H groups in total. The quantitative estimate of drug-likeness (QED) is 0.847. The van der Waals surface area contributed by atoms with E-state index in [4.69, 9.17) is 4.74 Å². The first-order valence-electron chi connectivity index (χ1n) is 10.1. The molecule has 1 unspecified atom stereocenters. The van der Waals surface area contributed by atoms with Gasteiger partial charge in [0.15, 0.2) is 5.60 Å². The molecule has 0 bridgehead atoms. The highest BCUT2D eigenvalue weighted by atomic mass is 16.5. The average Bonchev–Trinajstić information content (AvgIpc) is 3.14. The maximum absolute atomic E-state index is 13.5. The van der Waals surface area contributed by atoms with Crippen LogP contribution >= 0.6 is 0 Å². The fourth-order valence-electron chi connectivity index (χ4n) is 4.27. The monoisotopic (exact) mass is 359 g/mol. The van der Waals surface area contributed by atoms with Crippen molar-refractivity contribution in [1.29, 1.82) is 0 Å². The predicted molar refractivity (Wildman–Crippen MR) is 105 cm³/mol. The van der Waals surface area contributed by atoms with E-state index >= 15 is 0 Å². The smallest absolute Gasteiger partial charge is 0.266 e. The summed E-state index contributed by atoms with van der Waals surface area (Å²) in [6, 6.07) is 8.53. The number of aryl methyl sites for hydroxylation is 1. The van der Waals surface area contributed by atoms with E-state index in [1.165, 1.54) is 5.56 Å². The van der Waals surface area contributed by atoms with Gasteiger partial charge in [0.2, 0.25) is 0 Å². The topological polar surface area (TPSA) is 44.8 Å². The summed E-state index contributed by atoms with van der Waals surface area (Å²) in [5, 5.41) is 3.37. The minimum atomic E-state index is -0.724. The number of likely N-dealkylation sites (tertiary alicyclic amines) is 1. The zero-order valence-electron chi connectivity index (χ0n) is 16.5. The second-order valence-corrected chi connectivity index (χ2v) is 7.57. The molecule has 0 aliphatic carbocycles. The van der Waals surface area contributed by atoms with E-state index in [9.17, 15) is 4.79 Å². The number of carbonyl (C=O) groups excluding carboxylic acids is 1. The predicted octanol–water partition coefficient (Wildman–Crippen LogP) is 2.44. The molecule has 0 aromatic heterocycles. The van der Waals surface area contributed by atoms with Crippen LogP contribution in [-0.2, 0) is 4.79 Å². The Kier molecular flexibility index (Phi) is 6.20. The van der Waals surface area contributed by atoms with Crippen LogP contribution in [0.15, 0.2) is 24.3 Å². The van der Waals surface area contributed by atoms with Crippen molar-refractivity contribution in [2.24, 2.45) is 0 Å². The lowest BCUT2D eigenvalue weighted by Crippen LogP contribution is -2.57. The Balaban J connectivity index is 1.75. The van der Waals surface area contributed by atoms with Crippen LogP contribution in [0.1, 0.15) is 38.7 Å². The maximum Gasteiger partial charge on any atom is 0.266 e. The second kappa shape index (κ2) is 8.40. The van der Waals surface area contributed by atoms with Gasteiger partial charge in [-0.1, -0.05) is 31.5 Å². The lowest BCUT2D eigenvalue weighted by molar-refractivity contribution is -0.149. The number of rotatable bonds is 6. The van der Waals surface area contributed by atoms with Crippen LogP contribution in [0.25, 0.3) is 0 Å². The number of likely N-dealkylation sites (N-methyl/N-ethyl adjacent to an activating group) is 1. The van der Waals surface area contributed by atoms with Crippen LogP contribution in [0.5, 0.6) is 5.75 Å². The molecule has 144 valence electrons. The van der Waals surface area contributed by atoms with E-state index in [0.717, 1.165) is 64.3 Å². The van der Waals surface area contributed by atoms with E-state index < -0.39 is 5.60 Å². The number of hydrogen-bond donors (Lipinski definition) is 1. The van der Waals surface area contributed by atoms with Crippen molar-refractivity contribution in [3.8, 4) is 5.75 Å². The number of nitrogens with zero attached hydrogens (tertiary/aromatic N) is 2. The number of carbonyl (C=O) groups is 1. The first kappa shape index (κ1) is 19.2. The molecule has 0 saturated carbocycles. The highest BCUT2D eigenvalue weighted by molar-refractivity contribution is 5.86. The van der Waals surface area contributed by atoms with Gasteiger partial charge in [0, 0.05) is 32.0 Å². The fraction of sp³-hybridized carbons (Fsp3) is 0.667. The summed E-state index contributed by atoms with van der Waals surface area (Å²) in [7, 11) is 0. The molecular formula is C21H33N3O2. The molecule has 5 heteroatoms. The molecule has 2 aliphatic heterocycles. The van der Waals surface area contributed by atoms with Crippen LogP contribution in [0.4, 0.5) is 0 Å². The van der Waals surface area contributed by atoms with Crippen LogP contribution < -0.4 is 10.1 Å². The molecule has 5 nitrogen and oxygen atoms in total. The van der Waals surface area contributed by atoms with Crippen molar-refractivity contribution in [3.05, 3.63) is 29.8 Å². The number of benzene rings is 1.